The molecule has 1 amide bonds. The maximum absolute atomic E-state index is 12.1. The van der Waals surface area contributed by atoms with Crippen molar-refractivity contribution < 1.29 is 14.4 Å². The van der Waals surface area contributed by atoms with Gasteiger partial charge in [-0.2, -0.15) is 0 Å². The van der Waals surface area contributed by atoms with E-state index < -0.39 is 0 Å². The predicted molar refractivity (Wildman–Crippen MR) is 84.2 cm³/mol. The molecule has 0 aromatic heterocycles. The Hall–Kier alpha value is -2.47. The third-order valence-electron chi connectivity index (χ3n) is 3.38. The highest BCUT2D eigenvalue weighted by Crippen LogP contribution is 2.09. The minimum absolute atomic E-state index is 0.265. The standard InChI is InChI=1S/C16H19N3O3/c1-22-19-15-10-17-8-6-12(15)7-9-18-16(21)14-5-3-2-4-13(14)11-20/h2-5,7,11,17H,6,8-10H2,1H3,(H,18,21)/b12-7+,19-15-. The molecule has 22 heavy (non-hydrogen) atoms. The summed E-state index contributed by atoms with van der Waals surface area (Å²) in [6.07, 6.45) is 3.45. The quantitative estimate of drug-likeness (QED) is 0.631. The van der Waals surface area contributed by atoms with Gasteiger partial charge in [-0.15, -0.1) is 0 Å². The predicted octanol–water partition coefficient (Wildman–Crippen LogP) is 1.15. The van der Waals surface area contributed by atoms with Crippen LogP contribution in [0.1, 0.15) is 27.1 Å². The van der Waals surface area contributed by atoms with Crippen molar-refractivity contribution in [3.8, 4) is 0 Å². The van der Waals surface area contributed by atoms with E-state index in [1.807, 2.05) is 6.08 Å². The number of nitrogens with one attached hydrogen (secondary N) is 2. The average Bonchev–Trinajstić information content (AvgIpc) is 2.56. The molecule has 1 aromatic carbocycles. The molecule has 0 aliphatic carbocycles. The Kier molecular flexibility index (Phi) is 5.85. The van der Waals surface area contributed by atoms with Gasteiger partial charge in [0, 0.05) is 24.2 Å². The average molecular weight is 301 g/mol. The summed E-state index contributed by atoms with van der Waals surface area (Å²) in [4.78, 5) is 27.9. The number of nitrogens with zero attached hydrogens (tertiary/aromatic N) is 1. The van der Waals surface area contributed by atoms with Gasteiger partial charge in [0.15, 0.2) is 6.29 Å². The van der Waals surface area contributed by atoms with E-state index in [1.54, 1.807) is 24.3 Å². The second kappa shape index (κ2) is 8.09. The van der Waals surface area contributed by atoms with Crippen LogP contribution in [0.25, 0.3) is 0 Å². The van der Waals surface area contributed by atoms with Crippen molar-refractivity contribution in [3.05, 3.63) is 47.0 Å². The van der Waals surface area contributed by atoms with Crippen molar-refractivity contribution in [2.75, 3.05) is 26.7 Å². The number of carbonyl (C=O) groups is 2. The highest BCUT2D eigenvalue weighted by atomic mass is 16.6. The van der Waals surface area contributed by atoms with Crippen molar-refractivity contribution in [3.63, 3.8) is 0 Å². The smallest absolute Gasteiger partial charge is 0.252 e. The first-order valence-electron chi connectivity index (χ1n) is 7.08. The molecule has 0 radical (unpaired) electrons. The van der Waals surface area contributed by atoms with Crippen LogP contribution in [0.3, 0.4) is 0 Å². The fourth-order valence-electron chi connectivity index (χ4n) is 2.28. The van der Waals surface area contributed by atoms with Gasteiger partial charge in [-0.1, -0.05) is 29.4 Å². The number of aldehydes is 1. The van der Waals surface area contributed by atoms with E-state index in [2.05, 4.69) is 15.8 Å². The molecule has 0 atom stereocenters. The molecule has 2 rings (SSSR count). The van der Waals surface area contributed by atoms with E-state index in [9.17, 15) is 9.59 Å². The molecule has 116 valence electrons. The first-order valence-corrected chi connectivity index (χ1v) is 7.08. The Morgan fingerprint density at radius 3 is 3.05 bits per heavy atom. The minimum Gasteiger partial charge on any atom is -0.399 e. The summed E-state index contributed by atoms with van der Waals surface area (Å²) in [5.41, 5.74) is 2.67. The molecule has 0 bridgehead atoms. The summed E-state index contributed by atoms with van der Waals surface area (Å²) >= 11 is 0. The fourth-order valence-corrected chi connectivity index (χ4v) is 2.28. The van der Waals surface area contributed by atoms with Crippen LogP contribution >= 0.6 is 0 Å². The Morgan fingerprint density at radius 2 is 2.27 bits per heavy atom. The van der Waals surface area contributed by atoms with Crippen LogP contribution < -0.4 is 10.6 Å². The molecule has 1 aliphatic rings. The summed E-state index contributed by atoms with van der Waals surface area (Å²) in [7, 11) is 1.51. The number of piperidine rings is 1. The van der Waals surface area contributed by atoms with E-state index in [-0.39, 0.29) is 5.91 Å². The molecule has 6 nitrogen and oxygen atoms in total. The monoisotopic (exact) mass is 301 g/mol. The van der Waals surface area contributed by atoms with Crippen molar-refractivity contribution >= 4 is 17.9 Å². The first kappa shape index (κ1) is 15.9. The zero-order valence-corrected chi connectivity index (χ0v) is 12.5. The summed E-state index contributed by atoms with van der Waals surface area (Å²) in [6.45, 7) is 1.90. The summed E-state index contributed by atoms with van der Waals surface area (Å²) in [5, 5.41) is 9.98. The summed E-state index contributed by atoms with van der Waals surface area (Å²) in [5.74, 6) is -0.265. The van der Waals surface area contributed by atoms with Gasteiger partial charge < -0.3 is 15.5 Å². The van der Waals surface area contributed by atoms with Crippen LogP contribution in [-0.4, -0.2) is 44.6 Å². The lowest BCUT2D eigenvalue weighted by molar-refractivity contribution is 0.0952. The third kappa shape index (κ3) is 4.02. The Morgan fingerprint density at radius 1 is 1.45 bits per heavy atom. The Labute approximate surface area is 129 Å². The van der Waals surface area contributed by atoms with Gasteiger partial charge >= 0.3 is 0 Å². The molecule has 1 aromatic rings. The second-order valence-corrected chi connectivity index (χ2v) is 4.79. The van der Waals surface area contributed by atoms with Gasteiger partial charge in [0.05, 0.1) is 5.71 Å². The molecule has 0 unspecified atom stereocenters. The van der Waals surface area contributed by atoms with Crippen LogP contribution in [0.2, 0.25) is 0 Å². The molecule has 0 saturated carbocycles. The maximum atomic E-state index is 12.1. The highest BCUT2D eigenvalue weighted by molar-refractivity contribution is 6.03. The maximum Gasteiger partial charge on any atom is 0.252 e. The van der Waals surface area contributed by atoms with E-state index in [0.29, 0.717) is 30.5 Å². The lowest BCUT2D eigenvalue weighted by atomic mass is 10.0. The largest absolute Gasteiger partial charge is 0.399 e. The fraction of sp³-hybridized carbons (Fsp3) is 0.312. The molecular weight excluding hydrogens is 282 g/mol. The van der Waals surface area contributed by atoms with Gasteiger partial charge in [-0.25, -0.2) is 0 Å². The van der Waals surface area contributed by atoms with Gasteiger partial charge in [0.1, 0.15) is 7.11 Å². The Bertz CT molecular complexity index is 608. The topological polar surface area (TPSA) is 79.8 Å². The van der Waals surface area contributed by atoms with Crippen molar-refractivity contribution in [1.82, 2.24) is 10.6 Å². The van der Waals surface area contributed by atoms with Crippen molar-refractivity contribution in [1.29, 1.82) is 0 Å². The summed E-state index contributed by atoms with van der Waals surface area (Å²) in [6, 6.07) is 6.71. The third-order valence-corrected chi connectivity index (χ3v) is 3.38. The number of hydrogen-bond donors (Lipinski definition) is 2. The number of benzene rings is 1. The second-order valence-electron chi connectivity index (χ2n) is 4.79. The van der Waals surface area contributed by atoms with E-state index in [4.69, 9.17) is 4.84 Å². The number of carbonyl (C=O) groups excluding carboxylic acids is 2. The van der Waals surface area contributed by atoms with Crippen LogP contribution in [0, 0.1) is 0 Å². The summed E-state index contributed by atoms with van der Waals surface area (Å²) < 4.78 is 0. The van der Waals surface area contributed by atoms with Gasteiger partial charge in [0.2, 0.25) is 0 Å². The number of oxime groups is 1. The lowest BCUT2D eigenvalue weighted by Gasteiger charge is -2.17. The van der Waals surface area contributed by atoms with Crippen LogP contribution in [0.15, 0.2) is 41.1 Å². The molecule has 1 aliphatic heterocycles. The zero-order valence-electron chi connectivity index (χ0n) is 12.5. The SMILES string of the molecule is CO/N=C1/CNCC/C1=C\CNC(=O)c1ccccc1C=O. The molecule has 1 saturated heterocycles. The van der Waals surface area contributed by atoms with Crippen LogP contribution in [0.5, 0.6) is 0 Å². The van der Waals surface area contributed by atoms with Gasteiger partial charge in [0.25, 0.3) is 5.91 Å². The number of rotatable bonds is 5. The lowest BCUT2D eigenvalue weighted by Crippen LogP contribution is -2.33. The van der Waals surface area contributed by atoms with Gasteiger partial charge in [-0.05, 0) is 24.6 Å². The van der Waals surface area contributed by atoms with E-state index in [0.717, 1.165) is 24.3 Å². The zero-order chi connectivity index (χ0) is 15.8. The molecule has 1 fully saturated rings. The first-order chi connectivity index (χ1) is 10.8. The molecule has 1 heterocycles. The van der Waals surface area contributed by atoms with Crippen molar-refractivity contribution in [2.24, 2.45) is 5.16 Å². The Balaban J connectivity index is 2.00. The van der Waals surface area contributed by atoms with Crippen LogP contribution in [0.4, 0.5) is 0 Å². The normalized spacial score (nSPS) is 18.2. The highest BCUT2D eigenvalue weighted by Gasteiger charge is 2.14. The molecule has 2 N–H and O–H groups in total. The number of amides is 1. The molecular formula is C16H19N3O3. The van der Waals surface area contributed by atoms with Gasteiger partial charge in [-0.3, -0.25) is 9.59 Å². The van der Waals surface area contributed by atoms with E-state index >= 15 is 0 Å². The molecule has 6 heteroatoms. The van der Waals surface area contributed by atoms with Crippen molar-refractivity contribution in [2.45, 2.75) is 6.42 Å². The minimum atomic E-state index is -0.265. The number of hydrogen-bond acceptors (Lipinski definition) is 5. The molecule has 0 spiro atoms. The van der Waals surface area contributed by atoms with E-state index in [1.165, 1.54) is 7.11 Å². The van der Waals surface area contributed by atoms with Crippen LogP contribution in [-0.2, 0) is 4.84 Å².